The first kappa shape index (κ1) is 19.6. The van der Waals surface area contributed by atoms with Crippen LogP contribution in [0.5, 0.6) is 11.6 Å². The van der Waals surface area contributed by atoms with E-state index in [0.717, 1.165) is 12.1 Å². The number of aryl methyl sites for hydroxylation is 1. The molecule has 2 heterocycles. The molecule has 0 radical (unpaired) electrons. The smallest absolute Gasteiger partial charge is 0.237 e. The van der Waals surface area contributed by atoms with Gasteiger partial charge in [0.25, 0.3) is 0 Å². The average Bonchev–Trinajstić information content (AvgIpc) is 3.16. The Balaban J connectivity index is 1.40. The first-order valence-corrected chi connectivity index (χ1v) is 9.86. The van der Waals surface area contributed by atoms with E-state index in [1.807, 2.05) is 24.3 Å². The van der Waals surface area contributed by atoms with Gasteiger partial charge in [-0.2, -0.15) is 0 Å². The minimum absolute atomic E-state index is 0.0425. The highest BCUT2D eigenvalue weighted by Crippen LogP contribution is 2.27. The summed E-state index contributed by atoms with van der Waals surface area (Å²) in [5.74, 6) is 0.264. The van der Waals surface area contributed by atoms with Crippen molar-refractivity contribution >= 4 is 23.2 Å². The standard InChI is InChI=1S/C23H22N4O3/c1-2-16-6-8-19(9-7-16)27-15-17(12-22(27)28)23(29)26-18-4-3-5-20(13-18)30-21-14-24-10-11-25-21/h3-11,13-14,17H,2,12,15H2,1H3,(H,26,29). The molecule has 1 N–H and O–H groups in total. The Morgan fingerprint density at radius 2 is 2.03 bits per heavy atom. The second-order valence-electron chi connectivity index (χ2n) is 7.09. The second kappa shape index (κ2) is 8.73. The number of carbonyl (C=O) groups is 2. The van der Waals surface area contributed by atoms with Gasteiger partial charge in [-0.3, -0.25) is 14.6 Å². The fraction of sp³-hybridized carbons (Fsp3) is 0.217. The molecule has 2 amide bonds. The zero-order chi connectivity index (χ0) is 20.9. The van der Waals surface area contributed by atoms with Crippen molar-refractivity contribution in [3.63, 3.8) is 0 Å². The zero-order valence-electron chi connectivity index (χ0n) is 16.6. The van der Waals surface area contributed by atoms with Crippen LogP contribution in [0.15, 0.2) is 67.1 Å². The van der Waals surface area contributed by atoms with Gasteiger partial charge in [0.1, 0.15) is 5.75 Å². The van der Waals surface area contributed by atoms with Crippen molar-refractivity contribution in [2.24, 2.45) is 5.92 Å². The zero-order valence-corrected chi connectivity index (χ0v) is 16.6. The first-order chi connectivity index (χ1) is 14.6. The molecule has 0 saturated carbocycles. The minimum Gasteiger partial charge on any atom is -0.437 e. The minimum atomic E-state index is -0.409. The fourth-order valence-corrected chi connectivity index (χ4v) is 3.38. The van der Waals surface area contributed by atoms with Crippen LogP contribution in [0.4, 0.5) is 11.4 Å². The largest absolute Gasteiger partial charge is 0.437 e. The van der Waals surface area contributed by atoms with E-state index in [4.69, 9.17) is 4.74 Å². The van der Waals surface area contributed by atoms with Crippen LogP contribution in [-0.4, -0.2) is 28.3 Å². The summed E-state index contributed by atoms with van der Waals surface area (Å²) in [7, 11) is 0. The molecule has 4 rings (SSSR count). The third-order valence-corrected chi connectivity index (χ3v) is 5.02. The molecule has 2 aromatic carbocycles. The van der Waals surface area contributed by atoms with E-state index in [2.05, 4.69) is 22.2 Å². The number of anilines is 2. The Hall–Kier alpha value is -3.74. The number of carbonyl (C=O) groups excluding carboxylic acids is 2. The maximum Gasteiger partial charge on any atom is 0.237 e. The number of ether oxygens (including phenoxy) is 1. The summed E-state index contributed by atoms with van der Waals surface area (Å²) in [5, 5.41) is 2.89. The first-order valence-electron chi connectivity index (χ1n) is 9.86. The molecule has 1 aliphatic rings. The van der Waals surface area contributed by atoms with Crippen molar-refractivity contribution in [1.29, 1.82) is 0 Å². The van der Waals surface area contributed by atoms with Crippen LogP contribution in [0.1, 0.15) is 18.9 Å². The highest BCUT2D eigenvalue weighted by molar-refractivity contribution is 6.03. The molecule has 1 aliphatic heterocycles. The Kier molecular flexibility index (Phi) is 5.70. The van der Waals surface area contributed by atoms with Crippen molar-refractivity contribution in [2.45, 2.75) is 19.8 Å². The molecular weight excluding hydrogens is 380 g/mol. The normalized spacial score (nSPS) is 15.8. The molecule has 152 valence electrons. The maximum absolute atomic E-state index is 12.8. The number of aromatic nitrogens is 2. The van der Waals surface area contributed by atoms with Crippen LogP contribution in [0.2, 0.25) is 0 Å². The van der Waals surface area contributed by atoms with E-state index in [-0.39, 0.29) is 18.2 Å². The quantitative estimate of drug-likeness (QED) is 0.678. The van der Waals surface area contributed by atoms with E-state index in [9.17, 15) is 9.59 Å². The summed E-state index contributed by atoms with van der Waals surface area (Å²) < 4.78 is 5.65. The summed E-state index contributed by atoms with van der Waals surface area (Å²) in [6.07, 6.45) is 5.75. The van der Waals surface area contributed by atoms with Crippen LogP contribution in [0.25, 0.3) is 0 Å². The summed E-state index contributed by atoms with van der Waals surface area (Å²) in [6, 6.07) is 14.9. The number of benzene rings is 2. The molecule has 1 fully saturated rings. The molecule has 30 heavy (non-hydrogen) atoms. The summed E-state index contributed by atoms with van der Waals surface area (Å²) in [5.41, 5.74) is 2.63. The fourth-order valence-electron chi connectivity index (χ4n) is 3.38. The SMILES string of the molecule is CCc1ccc(N2CC(C(=O)Nc3cccc(Oc4cnccn4)c3)CC2=O)cc1. The van der Waals surface area contributed by atoms with Crippen molar-refractivity contribution in [2.75, 3.05) is 16.8 Å². The molecule has 1 saturated heterocycles. The third kappa shape index (κ3) is 4.46. The third-order valence-electron chi connectivity index (χ3n) is 5.02. The van der Waals surface area contributed by atoms with Crippen LogP contribution in [0, 0.1) is 5.92 Å². The van der Waals surface area contributed by atoms with Gasteiger partial charge in [0.2, 0.25) is 17.7 Å². The summed E-state index contributed by atoms with van der Waals surface area (Å²) in [4.78, 5) is 34.9. The number of nitrogens with zero attached hydrogens (tertiary/aromatic N) is 3. The van der Waals surface area contributed by atoms with E-state index >= 15 is 0 Å². The van der Waals surface area contributed by atoms with Gasteiger partial charge in [0.15, 0.2) is 0 Å². The van der Waals surface area contributed by atoms with Crippen molar-refractivity contribution in [3.05, 3.63) is 72.7 Å². The molecule has 0 spiro atoms. The monoisotopic (exact) mass is 402 g/mol. The van der Waals surface area contributed by atoms with Crippen LogP contribution in [-0.2, 0) is 16.0 Å². The molecule has 3 aromatic rings. The molecule has 7 heteroatoms. The lowest BCUT2D eigenvalue weighted by Crippen LogP contribution is -2.28. The molecular formula is C23H22N4O3. The van der Waals surface area contributed by atoms with Gasteiger partial charge in [-0.15, -0.1) is 0 Å². The van der Waals surface area contributed by atoms with E-state index in [0.29, 0.717) is 23.9 Å². The lowest BCUT2D eigenvalue weighted by Gasteiger charge is -2.17. The average molecular weight is 402 g/mol. The molecule has 1 unspecified atom stereocenters. The molecule has 1 atom stereocenters. The van der Waals surface area contributed by atoms with Gasteiger partial charge < -0.3 is 15.0 Å². The number of nitrogens with one attached hydrogen (secondary N) is 1. The molecule has 1 aromatic heterocycles. The highest BCUT2D eigenvalue weighted by atomic mass is 16.5. The maximum atomic E-state index is 12.8. The molecule has 0 bridgehead atoms. The predicted octanol–water partition coefficient (Wildman–Crippen LogP) is 3.82. The highest BCUT2D eigenvalue weighted by Gasteiger charge is 2.35. The number of amides is 2. The topological polar surface area (TPSA) is 84.4 Å². The van der Waals surface area contributed by atoms with Gasteiger partial charge in [-0.05, 0) is 36.2 Å². The van der Waals surface area contributed by atoms with Gasteiger partial charge >= 0.3 is 0 Å². The van der Waals surface area contributed by atoms with Gasteiger partial charge in [0, 0.05) is 42.8 Å². The van der Waals surface area contributed by atoms with Gasteiger partial charge in [0.05, 0.1) is 12.1 Å². The molecule has 7 nitrogen and oxygen atoms in total. The van der Waals surface area contributed by atoms with Crippen LogP contribution in [0.3, 0.4) is 0 Å². The Labute approximate surface area is 174 Å². The van der Waals surface area contributed by atoms with E-state index in [1.54, 1.807) is 41.6 Å². The number of hydrogen-bond acceptors (Lipinski definition) is 5. The lowest BCUT2D eigenvalue weighted by molar-refractivity contribution is -0.122. The van der Waals surface area contributed by atoms with Gasteiger partial charge in [-0.25, -0.2) is 4.98 Å². The summed E-state index contributed by atoms with van der Waals surface area (Å²) >= 11 is 0. The number of rotatable bonds is 6. The lowest BCUT2D eigenvalue weighted by atomic mass is 10.1. The van der Waals surface area contributed by atoms with E-state index < -0.39 is 5.92 Å². The van der Waals surface area contributed by atoms with E-state index in [1.165, 1.54) is 11.8 Å². The van der Waals surface area contributed by atoms with Crippen molar-refractivity contribution < 1.29 is 14.3 Å². The summed E-state index contributed by atoms with van der Waals surface area (Å²) in [6.45, 7) is 2.45. The Bertz CT molecular complexity index is 1040. The van der Waals surface area contributed by atoms with Gasteiger partial charge in [-0.1, -0.05) is 25.1 Å². The second-order valence-corrected chi connectivity index (χ2v) is 7.09. The Morgan fingerprint density at radius 3 is 2.77 bits per heavy atom. The van der Waals surface area contributed by atoms with Crippen molar-refractivity contribution in [1.82, 2.24) is 9.97 Å². The Morgan fingerprint density at radius 1 is 1.20 bits per heavy atom. The number of hydrogen-bond donors (Lipinski definition) is 1. The molecule has 0 aliphatic carbocycles. The van der Waals surface area contributed by atoms with Crippen LogP contribution >= 0.6 is 0 Å². The van der Waals surface area contributed by atoms with Crippen molar-refractivity contribution in [3.8, 4) is 11.6 Å². The predicted molar refractivity (Wildman–Crippen MR) is 113 cm³/mol. The van der Waals surface area contributed by atoms with Crippen LogP contribution < -0.4 is 15.0 Å².